The van der Waals surface area contributed by atoms with Gasteiger partial charge in [0.2, 0.25) is 5.91 Å². The Labute approximate surface area is 143 Å². The fraction of sp³-hybridized carbons (Fsp3) is 0.643. The lowest BCUT2D eigenvalue weighted by atomic mass is 10.4. The Morgan fingerprint density at radius 3 is 2.41 bits per heavy atom. The summed E-state index contributed by atoms with van der Waals surface area (Å²) in [6, 6.07) is 0. The van der Waals surface area contributed by atoms with Crippen LogP contribution >= 0.6 is 22.6 Å². The van der Waals surface area contributed by atoms with Crippen molar-refractivity contribution in [1.82, 2.24) is 9.80 Å². The number of amides is 1. The van der Waals surface area contributed by atoms with E-state index in [1.165, 1.54) is 10.8 Å². The zero-order chi connectivity index (χ0) is 17.0. The minimum Gasteiger partial charge on any atom is -0.473 e. The van der Waals surface area contributed by atoms with Gasteiger partial charge in [-0.05, 0) is 26.4 Å². The molecule has 1 amide bonds. The standard InChI is InChI=1S/C12H19IN2O.C2H2O4/c1-14(9-5-7-13)8-2-3-10-15-11-4-6-12(15)16;3-1(4)2(5)6/h4-11H2,1H3;(H,3,4)(H,5,6). The van der Waals surface area contributed by atoms with Gasteiger partial charge in [0.15, 0.2) is 0 Å². The van der Waals surface area contributed by atoms with Gasteiger partial charge in [0, 0.05) is 17.4 Å². The first kappa shape index (κ1) is 20.7. The van der Waals surface area contributed by atoms with Gasteiger partial charge in [-0.1, -0.05) is 34.4 Å². The van der Waals surface area contributed by atoms with E-state index in [-0.39, 0.29) is 5.91 Å². The molecule has 124 valence electrons. The van der Waals surface area contributed by atoms with Crippen molar-refractivity contribution in [2.24, 2.45) is 0 Å². The molecule has 0 atom stereocenters. The number of carbonyl (C=O) groups is 3. The number of alkyl halides is 1. The molecule has 1 fully saturated rings. The van der Waals surface area contributed by atoms with Gasteiger partial charge in [-0.2, -0.15) is 0 Å². The van der Waals surface area contributed by atoms with Gasteiger partial charge in [0.1, 0.15) is 0 Å². The second-order valence-electron chi connectivity index (χ2n) is 4.66. The molecule has 0 aromatic heterocycles. The van der Waals surface area contributed by atoms with Crippen LogP contribution in [0.4, 0.5) is 0 Å². The summed E-state index contributed by atoms with van der Waals surface area (Å²) in [6.45, 7) is 3.40. The van der Waals surface area contributed by atoms with Crippen molar-refractivity contribution in [1.29, 1.82) is 0 Å². The Kier molecular flexibility index (Phi) is 11.5. The molecule has 1 rings (SSSR count). The maximum Gasteiger partial charge on any atom is 0.414 e. The molecule has 0 radical (unpaired) electrons. The van der Waals surface area contributed by atoms with Crippen molar-refractivity contribution in [3.8, 4) is 11.8 Å². The summed E-state index contributed by atoms with van der Waals surface area (Å²) in [6.07, 6.45) is 2.91. The van der Waals surface area contributed by atoms with Crippen molar-refractivity contribution in [3.05, 3.63) is 0 Å². The van der Waals surface area contributed by atoms with E-state index in [1.807, 2.05) is 4.90 Å². The van der Waals surface area contributed by atoms with Crippen LogP contribution in [0.3, 0.4) is 0 Å². The number of nitrogens with zero attached hydrogens (tertiary/aromatic N) is 2. The Morgan fingerprint density at radius 1 is 1.32 bits per heavy atom. The third kappa shape index (κ3) is 10.4. The van der Waals surface area contributed by atoms with Gasteiger partial charge in [-0.3, -0.25) is 9.69 Å². The SMILES string of the molecule is CN(CC#CCN1CCCC1=O)CCCI.O=C(O)C(=O)O. The summed E-state index contributed by atoms with van der Waals surface area (Å²) in [7, 11) is 2.09. The zero-order valence-corrected chi connectivity index (χ0v) is 14.7. The number of halogens is 1. The summed E-state index contributed by atoms with van der Waals surface area (Å²) in [5, 5.41) is 14.8. The van der Waals surface area contributed by atoms with E-state index < -0.39 is 11.9 Å². The van der Waals surface area contributed by atoms with Crippen LogP contribution < -0.4 is 0 Å². The van der Waals surface area contributed by atoms with E-state index in [1.54, 1.807) is 0 Å². The van der Waals surface area contributed by atoms with Crippen LogP contribution in [0.5, 0.6) is 0 Å². The Bertz CT molecular complexity index is 432. The van der Waals surface area contributed by atoms with Crippen molar-refractivity contribution >= 4 is 40.4 Å². The Hall–Kier alpha value is -1.34. The maximum atomic E-state index is 11.3. The molecule has 0 bridgehead atoms. The van der Waals surface area contributed by atoms with Crippen LogP contribution in [0, 0.1) is 11.8 Å². The highest BCUT2D eigenvalue weighted by Gasteiger charge is 2.18. The third-order valence-corrected chi connectivity index (χ3v) is 3.53. The van der Waals surface area contributed by atoms with Gasteiger partial charge < -0.3 is 15.1 Å². The summed E-state index contributed by atoms with van der Waals surface area (Å²) >= 11 is 2.39. The summed E-state index contributed by atoms with van der Waals surface area (Å²) in [4.78, 5) is 33.6. The second kappa shape index (κ2) is 12.2. The van der Waals surface area contributed by atoms with Crippen molar-refractivity contribution in [3.63, 3.8) is 0 Å². The van der Waals surface area contributed by atoms with Gasteiger partial charge in [0.05, 0.1) is 13.1 Å². The lowest BCUT2D eigenvalue weighted by Gasteiger charge is -2.12. The Balaban J connectivity index is 0.000000626. The lowest BCUT2D eigenvalue weighted by molar-refractivity contribution is -0.159. The van der Waals surface area contributed by atoms with Crippen LogP contribution in [-0.4, -0.2) is 75.5 Å². The summed E-state index contributed by atoms with van der Waals surface area (Å²) in [5.41, 5.74) is 0. The molecule has 0 saturated carbocycles. The Morgan fingerprint density at radius 2 is 1.95 bits per heavy atom. The van der Waals surface area contributed by atoms with Crippen molar-refractivity contribution in [2.75, 3.05) is 37.7 Å². The molecule has 0 spiro atoms. The maximum absolute atomic E-state index is 11.3. The molecule has 8 heteroatoms. The van der Waals surface area contributed by atoms with Crippen molar-refractivity contribution < 1.29 is 24.6 Å². The summed E-state index contributed by atoms with van der Waals surface area (Å²) in [5.74, 6) is 2.81. The molecule has 1 aliphatic rings. The first-order valence-corrected chi connectivity index (χ1v) is 8.35. The molecular formula is C14H21IN2O5. The summed E-state index contributed by atoms with van der Waals surface area (Å²) < 4.78 is 1.19. The predicted molar refractivity (Wildman–Crippen MR) is 89.9 cm³/mol. The van der Waals surface area contributed by atoms with Gasteiger partial charge in [0.25, 0.3) is 0 Å². The van der Waals surface area contributed by atoms with Gasteiger partial charge in [-0.25, -0.2) is 9.59 Å². The fourth-order valence-electron chi connectivity index (χ4n) is 1.62. The fourth-order valence-corrected chi connectivity index (χ4v) is 1.96. The van der Waals surface area contributed by atoms with Crippen LogP contribution in [-0.2, 0) is 14.4 Å². The number of hydrogen-bond acceptors (Lipinski definition) is 4. The highest BCUT2D eigenvalue weighted by Crippen LogP contribution is 2.07. The molecule has 0 aromatic rings. The third-order valence-electron chi connectivity index (χ3n) is 2.77. The number of likely N-dealkylation sites (tertiary alicyclic amines) is 1. The van der Waals surface area contributed by atoms with E-state index in [4.69, 9.17) is 19.8 Å². The lowest BCUT2D eigenvalue weighted by Crippen LogP contribution is -2.25. The number of aliphatic carboxylic acids is 2. The van der Waals surface area contributed by atoms with Crippen LogP contribution in [0.15, 0.2) is 0 Å². The minimum atomic E-state index is -1.82. The van der Waals surface area contributed by atoms with Crippen LogP contribution in [0.2, 0.25) is 0 Å². The molecule has 22 heavy (non-hydrogen) atoms. The average Bonchev–Trinajstić information content (AvgIpc) is 2.87. The molecule has 2 N–H and O–H groups in total. The molecule has 0 aliphatic carbocycles. The number of hydrogen-bond donors (Lipinski definition) is 2. The van der Waals surface area contributed by atoms with E-state index in [0.29, 0.717) is 13.0 Å². The monoisotopic (exact) mass is 424 g/mol. The van der Waals surface area contributed by atoms with Gasteiger partial charge in [-0.15, -0.1) is 0 Å². The second-order valence-corrected chi connectivity index (χ2v) is 5.74. The minimum absolute atomic E-state index is 0.257. The number of carboxylic acids is 2. The van der Waals surface area contributed by atoms with E-state index in [2.05, 4.69) is 46.4 Å². The highest BCUT2D eigenvalue weighted by molar-refractivity contribution is 14.1. The predicted octanol–water partition coefficient (Wildman–Crippen LogP) is 0.525. The highest BCUT2D eigenvalue weighted by atomic mass is 127. The molecular weight excluding hydrogens is 403 g/mol. The molecule has 1 aliphatic heterocycles. The van der Waals surface area contributed by atoms with Crippen LogP contribution in [0.25, 0.3) is 0 Å². The largest absolute Gasteiger partial charge is 0.473 e. The van der Waals surface area contributed by atoms with E-state index in [0.717, 1.165) is 26.1 Å². The molecule has 0 aromatic carbocycles. The average molecular weight is 424 g/mol. The van der Waals surface area contributed by atoms with Crippen LogP contribution in [0.1, 0.15) is 19.3 Å². The zero-order valence-electron chi connectivity index (χ0n) is 12.5. The smallest absolute Gasteiger partial charge is 0.414 e. The number of rotatable bonds is 5. The molecule has 1 heterocycles. The molecule has 0 unspecified atom stereocenters. The molecule has 7 nitrogen and oxygen atoms in total. The molecule has 1 saturated heterocycles. The normalized spacial score (nSPS) is 13.2. The van der Waals surface area contributed by atoms with E-state index >= 15 is 0 Å². The van der Waals surface area contributed by atoms with E-state index in [9.17, 15) is 4.79 Å². The van der Waals surface area contributed by atoms with Gasteiger partial charge >= 0.3 is 11.9 Å². The first-order valence-electron chi connectivity index (χ1n) is 6.82. The van der Waals surface area contributed by atoms with Crippen molar-refractivity contribution in [2.45, 2.75) is 19.3 Å². The topological polar surface area (TPSA) is 98.2 Å². The quantitative estimate of drug-likeness (QED) is 0.289. The number of carbonyl (C=O) groups excluding carboxylic acids is 1. The number of carboxylic acid groups (broad SMARTS) is 2. The first-order chi connectivity index (χ1) is 10.4.